The first-order chi connectivity index (χ1) is 9.93. The van der Waals surface area contributed by atoms with E-state index in [1.807, 2.05) is 6.92 Å². The molecule has 2 aliphatic rings. The lowest BCUT2D eigenvalue weighted by Crippen LogP contribution is -2.51. The molecule has 0 spiro atoms. The van der Waals surface area contributed by atoms with Crippen LogP contribution in [-0.4, -0.2) is 82.7 Å². The number of carbonyl (C=O) groups excluding carboxylic acids is 1. The van der Waals surface area contributed by atoms with Crippen LogP contribution in [0.1, 0.15) is 19.8 Å². The van der Waals surface area contributed by atoms with Gasteiger partial charge in [-0.15, -0.1) is 11.8 Å². The summed E-state index contributed by atoms with van der Waals surface area (Å²) in [5, 5.41) is 9.29. The van der Waals surface area contributed by atoms with Crippen LogP contribution in [-0.2, 0) is 4.79 Å². The van der Waals surface area contributed by atoms with Crippen molar-refractivity contribution in [1.82, 2.24) is 14.7 Å². The van der Waals surface area contributed by atoms with Crippen molar-refractivity contribution in [3.05, 3.63) is 0 Å². The second-order valence-corrected chi connectivity index (χ2v) is 7.25. The molecule has 2 saturated heterocycles. The topological polar surface area (TPSA) is 64.1 Å². The number of carboxylic acid groups (broad SMARTS) is 1. The van der Waals surface area contributed by atoms with Crippen LogP contribution in [0.15, 0.2) is 0 Å². The van der Waals surface area contributed by atoms with Crippen molar-refractivity contribution < 1.29 is 14.7 Å². The molecule has 2 heterocycles. The molecule has 120 valence electrons. The van der Waals surface area contributed by atoms with Gasteiger partial charge in [-0.2, -0.15) is 0 Å². The van der Waals surface area contributed by atoms with Gasteiger partial charge in [0, 0.05) is 25.9 Å². The highest BCUT2D eigenvalue weighted by Gasteiger charge is 2.42. The van der Waals surface area contributed by atoms with Gasteiger partial charge in [-0.25, -0.2) is 9.59 Å². The van der Waals surface area contributed by atoms with E-state index in [0.717, 1.165) is 25.9 Å². The molecule has 7 heteroatoms. The standard InChI is InChI=1S/C14H25N3O3S/c1-4-12-17(11(9-21-12)13(18)19)14(20)16(3)8-10-5-6-15(2)7-10/h10-12H,4-9H2,1-3H3,(H,18,19). The number of likely N-dealkylation sites (tertiary alicyclic amines) is 1. The number of aliphatic carboxylic acids is 1. The molecule has 2 aliphatic heterocycles. The number of thioether (sulfide) groups is 1. The Kier molecular flexibility index (Phi) is 5.37. The average molecular weight is 315 g/mol. The number of carboxylic acids is 1. The van der Waals surface area contributed by atoms with E-state index in [0.29, 0.717) is 18.2 Å². The Hall–Kier alpha value is -0.950. The maximum atomic E-state index is 12.7. The van der Waals surface area contributed by atoms with Gasteiger partial charge in [0.05, 0.1) is 5.37 Å². The van der Waals surface area contributed by atoms with Crippen LogP contribution in [0.3, 0.4) is 0 Å². The molecule has 0 aromatic carbocycles. The summed E-state index contributed by atoms with van der Waals surface area (Å²) in [6.07, 6.45) is 1.88. The van der Waals surface area contributed by atoms with Gasteiger partial charge in [0.2, 0.25) is 0 Å². The molecule has 0 aliphatic carbocycles. The molecule has 1 N–H and O–H groups in total. The highest BCUT2D eigenvalue weighted by Crippen LogP contribution is 2.32. The fourth-order valence-electron chi connectivity index (χ4n) is 3.16. The maximum absolute atomic E-state index is 12.7. The van der Waals surface area contributed by atoms with Gasteiger partial charge in [-0.1, -0.05) is 6.92 Å². The fourth-order valence-corrected chi connectivity index (χ4v) is 4.50. The second kappa shape index (κ2) is 6.87. The molecule has 6 nitrogen and oxygen atoms in total. The van der Waals surface area contributed by atoms with Crippen molar-refractivity contribution in [3.8, 4) is 0 Å². The van der Waals surface area contributed by atoms with Crippen molar-refractivity contribution >= 4 is 23.8 Å². The van der Waals surface area contributed by atoms with Gasteiger partial charge in [-0.3, -0.25) is 4.90 Å². The quantitative estimate of drug-likeness (QED) is 0.845. The van der Waals surface area contributed by atoms with Crippen molar-refractivity contribution in [1.29, 1.82) is 0 Å². The van der Waals surface area contributed by atoms with Gasteiger partial charge >= 0.3 is 12.0 Å². The van der Waals surface area contributed by atoms with Crippen LogP contribution < -0.4 is 0 Å². The van der Waals surface area contributed by atoms with Gasteiger partial charge in [0.25, 0.3) is 0 Å². The zero-order valence-electron chi connectivity index (χ0n) is 13.0. The predicted molar refractivity (Wildman–Crippen MR) is 83.4 cm³/mol. The minimum absolute atomic E-state index is 0.0210. The summed E-state index contributed by atoms with van der Waals surface area (Å²) in [4.78, 5) is 29.5. The lowest BCUT2D eigenvalue weighted by Gasteiger charge is -2.32. The molecule has 2 fully saturated rings. The number of hydrogen-bond donors (Lipinski definition) is 1. The predicted octanol–water partition coefficient (Wildman–Crippen LogP) is 1.23. The summed E-state index contributed by atoms with van der Waals surface area (Å²) in [5.41, 5.74) is 0. The zero-order chi connectivity index (χ0) is 15.6. The molecular weight excluding hydrogens is 290 g/mol. The highest BCUT2D eigenvalue weighted by atomic mass is 32.2. The maximum Gasteiger partial charge on any atom is 0.327 e. The van der Waals surface area contributed by atoms with E-state index in [-0.39, 0.29) is 11.4 Å². The minimum Gasteiger partial charge on any atom is -0.480 e. The van der Waals surface area contributed by atoms with E-state index in [9.17, 15) is 14.7 Å². The summed E-state index contributed by atoms with van der Waals surface area (Å²) < 4.78 is 0. The van der Waals surface area contributed by atoms with E-state index in [2.05, 4.69) is 11.9 Å². The van der Waals surface area contributed by atoms with Crippen molar-refractivity contribution in [2.24, 2.45) is 5.92 Å². The summed E-state index contributed by atoms with van der Waals surface area (Å²) in [7, 11) is 3.88. The van der Waals surface area contributed by atoms with E-state index < -0.39 is 12.0 Å². The number of urea groups is 1. The van der Waals surface area contributed by atoms with Crippen LogP contribution >= 0.6 is 11.8 Å². The van der Waals surface area contributed by atoms with E-state index in [1.165, 1.54) is 0 Å². The number of hydrogen-bond acceptors (Lipinski definition) is 4. The molecule has 21 heavy (non-hydrogen) atoms. The minimum atomic E-state index is -0.902. The van der Waals surface area contributed by atoms with Gasteiger partial charge in [0.1, 0.15) is 6.04 Å². The molecule has 2 rings (SSSR count). The van der Waals surface area contributed by atoms with Crippen molar-refractivity contribution in [2.45, 2.75) is 31.2 Å². The SMILES string of the molecule is CCC1SCC(C(=O)O)N1C(=O)N(C)CC1CCN(C)C1. The van der Waals surface area contributed by atoms with Crippen LogP contribution in [0.2, 0.25) is 0 Å². The molecule has 3 unspecified atom stereocenters. The molecule has 3 atom stereocenters. The van der Waals surface area contributed by atoms with Crippen LogP contribution in [0.4, 0.5) is 4.79 Å². The van der Waals surface area contributed by atoms with Crippen molar-refractivity contribution in [2.75, 3.05) is 39.5 Å². The smallest absolute Gasteiger partial charge is 0.327 e. The number of carbonyl (C=O) groups is 2. The first kappa shape index (κ1) is 16.4. The Bertz CT molecular complexity index is 407. The third-order valence-electron chi connectivity index (χ3n) is 4.30. The van der Waals surface area contributed by atoms with Gasteiger partial charge < -0.3 is 14.9 Å². The van der Waals surface area contributed by atoms with E-state index in [4.69, 9.17) is 0 Å². The lowest BCUT2D eigenvalue weighted by molar-refractivity contribution is -0.141. The first-order valence-corrected chi connectivity index (χ1v) is 8.55. The molecule has 0 saturated carbocycles. The second-order valence-electron chi connectivity index (χ2n) is 6.04. The Morgan fingerprint density at radius 3 is 2.67 bits per heavy atom. The first-order valence-electron chi connectivity index (χ1n) is 7.50. The average Bonchev–Trinajstić information content (AvgIpc) is 3.03. The number of nitrogens with zero attached hydrogens (tertiary/aromatic N) is 3. The van der Waals surface area contributed by atoms with E-state index in [1.54, 1.807) is 28.6 Å². The van der Waals surface area contributed by atoms with Crippen LogP contribution in [0, 0.1) is 5.92 Å². The third-order valence-corrected chi connectivity index (χ3v) is 5.75. The Morgan fingerprint density at radius 1 is 1.43 bits per heavy atom. The fraction of sp³-hybridized carbons (Fsp3) is 0.857. The molecular formula is C14H25N3O3S. The van der Waals surface area contributed by atoms with Crippen molar-refractivity contribution in [3.63, 3.8) is 0 Å². The summed E-state index contributed by atoms with van der Waals surface area (Å²) >= 11 is 1.57. The molecule has 0 bridgehead atoms. The largest absolute Gasteiger partial charge is 0.480 e. The number of amides is 2. The van der Waals surface area contributed by atoms with Crippen LogP contribution in [0.5, 0.6) is 0 Å². The normalized spacial score (nSPS) is 29.9. The lowest BCUT2D eigenvalue weighted by atomic mass is 10.1. The van der Waals surface area contributed by atoms with Crippen LogP contribution in [0.25, 0.3) is 0 Å². The molecule has 0 aromatic rings. The Labute approximate surface area is 130 Å². The number of rotatable bonds is 4. The van der Waals surface area contributed by atoms with E-state index >= 15 is 0 Å². The van der Waals surface area contributed by atoms with Gasteiger partial charge in [0.15, 0.2) is 0 Å². The molecule has 2 amide bonds. The zero-order valence-corrected chi connectivity index (χ0v) is 13.8. The molecule has 0 aromatic heterocycles. The Balaban J connectivity index is 2.00. The Morgan fingerprint density at radius 2 is 2.14 bits per heavy atom. The molecule has 0 radical (unpaired) electrons. The van der Waals surface area contributed by atoms with Gasteiger partial charge in [-0.05, 0) is 32.4 Å². The summed E-state index contributed by atoms with van der Waals surface area (Å²) in [5.74, 6) is 0.0721. The summed E-state index contributed by atoms with van der Waals surface area (Å²) in [6.45, 7) is 4.77. The third kappa shape index (κ3) is 3.63. The monoisotopic (exact) mass is 315 g/mol. The highest BCUT2D eigenvalue weighted by molar-refractivity contribution is 8.00. The summed E-state index contributed by atoms with van der Waals surface area (Å²) in [6, 6.07) is -0.838.